The van der Waals surface area contributed by atoms with Crippen molar-refractivity contribution in [3.05, 3.63) is 83.7 Å². The van der Waals surface area contributed by atoms with Crippen LogP contribution in [-0.4, -0.2) is 19.1 Å². The van der Waals surface area contributed by atoms with E-state index in [9.17, 15) is 9.18 Å². The summed E-state index contributed by atoms with van der Waals surface area (Å²) in [4.78, 5) is 15.0. The molecule has 1 N–H and O–H groups in total. The van der Waals surface area contributed by atoms with Gasteiger partial charge in [-0.3, -0.25) is 9.69 Å². The van der Waals surface area contributed by atoms with Crippen molar-refractivity contribution >= 4 is 17.3 Å². The summed E-state index contributed by atoms with van der Waals surface area (Å²) in [5, 5.41) is 12.2. The topological polar surface area (TPSA) is 74.6 Å². The number of carbonyl (C=O) groups is 1. The summed E-state index contributed by atoms with van der Waals surface area (Å²) >= 11 is 0. The third-order valence-electron chi connectivity index (χ3n) is 4.91. The van der Waals surface area contributed by atoms with Gasteiger partial charge < -0.3 is 14.8 Å². The highest BCUT2D eigenvalue weighted by Gasteiger charge is 2.34. The van der Waals surface area contributed by atoms with Crippen molar-refractivity contribution < 1.29 is 18.7 Å². The van der Waals surface area contributed by atoms with Crippen molar-refractivity contribution in [2.75, 3.05) is 23.4 Å². The molecular formula is C24H20FN3O3. The number of ether oxygens (including phenoxy) is 2. The van der Waals surface area contributed by atoms with Gasteiger partial charge in [-0.15, -0.1) is 0 Å². The van der Waals surface area contributed by atoms with E-state index in [0.29, 0.717) is 35.0 Å². The van der Waals surface area contributed by atoms with Gasteiger partial charge in [-0.25, -0.2) is 4.39 Å². The van der Waals surface area contributed by atoms with E-state index in [1.165, 1.54) is 12.1 Å². The van der Waals surface area contributed by atoms with E-state index < -0.39 is 6.17 Å². The Labute approximate surface area is 179 Å². The summed E-state index contributed by atoms with van der Waals surface area (Å²) in [6.07, 6.45) is -0.558. The van der Waals surface area contributed by atoms with Gasteiger partial charge >= 0.3 is 0 Å². The molecule has 0 spiro atoms. The van der Waals surface area contributed by atoms with Crippen LogP contribution in [0, 0.1) is 17.1 Å². The van der Waals surface area contributed by atoms with Crippen molar-refractivity contribution in [3.63, 3.8) is 0 Å². The first-order chi connectivity index (χ1) is 15.1. The zero-order valence-electron chi connectivity index (χ0n) is 16.8. The van der Waals surface area contributed by atoms with Crippen LogP contribution in [-0.2, 0) is 0 Å². The Hall–Kier alpha value is -4.05. The summed E-state index contributed by atoms with van der Waals surface area (Å²) in [6.45, 7) is 2.16. The number of hydrogen-bond acceptors (Lipinski definition) is 5. The average molecular weight is 417 g/mol. The number of rotatable bonds is 6. The maximum atomic E-state index is 13.5. The molecule has 156 valence electrons. The van der Waals surface area contributed by atoms with Crippen molar-refractivity contribution in [1.29, 1.82) is 5.26 Å². The van der Waals surface area contributed by atoms with Gasteiger partial charge in [0.2, 0.25) is 0 Å². The summed E-state index contributed by atoms with van der Waals surface area (Å²) in [5.41, 5.74) is 2.54. The van der Waals surface area contributed by atoms with Crippen LogP contribution < -0.4 is 19.7 Å². The number of hydrogen-bond donors (Lipinski definition) is 1. The Kier molecular flexibility index (Phi) is 5.72. The van der Waals surface area contributed by atoms with Crippen molar-refractivity contribution in [3.8, 4) is 17.6 Å². The second kappa shape index (κ2) is 8.76. The molecule has 0 fully saturated rings. The molecule has 1 aliphatic heterocycles. The highest BCUT2D eigenvalue weighted by Crippen LogP contribution is 2.39. The normalized spacial score (nSPS) is 14.9. The standard InChI is InChI=1S/C24H20FN3O3/c1-2-30-22-15-16(7-12-21(22)31-14-13-26)23-27-20-6-4-3-5-19(20)24(29)28(23)18-10-8-17(25)9-11-18/h3-12,15,23,27H,2,14H2,1H3/t23-/m0/s1. The van der Waals surface area contributed by atoms with Crippen LogP contribution in [0.3, 0.4) is 0 Å². The van der Waals surface area contributed by atoms with Crippen LogP contribution in [0.25, 0.3) is 0 Å². The SMILES string of the molecule is CCOc1cc([C@H]2Nc3ccccc3C(=O)N2c2ccc(F)cc2)ccc1OCC#N. The first-order valence-corrected chi connectivity index (χ1v) is 9.83. The predicted molar refractivity (Wildman–Crippen MR) is 115 cm³/mol. The van der Waals surface area contributed by atoms with Gasteiger partial charge in [0.1, 0.15) is 18.1 Å². The Morgan fingerprint density at radius 1 is 1.06 bits per heavy atom. The fourth-order valence-corrected chi connectivity index (χ4v) is 3.55. The van der Waals surface area contributed by atoms with Crippen molar-refractivity contribution in [1.82, 2.24) is 0 Å². The van der Waals surface area contributed by atoms with Crippen LogP contribution in [0.4, 0.5) is 15.8 Å². The van der Waals surface area contributed by atoms with E-state index >= 15 is 0 Å². The zero-order chi connectivity index (χ0) is 21.8. The fourth-order valence-electron chi connectivity index (χ4n) is 3.55. The first-order valence-electron chi connectivity index (χ1n) is 9.83. The third kappa shape index (κ3) is 4.01. The number of halogens is 1. The number of carbonyl (C=O) groups excluding carboxylic acids is 1. The monoisotopic (exact) mass is 417 g/mol. The second-order valence-corrected chi connectivity index (χ2v) is 6.83. The largest absolute Gasteiger partial charge is 0.490 e. The summed E-state index contributed by atoms with van der Waals surface area (Å²) < 4.78 is 24.7. The molecule has 7 heteroatoms. The quantitative estimate of drug-likeness (QED) is 0.618. The molecule has 3 aromatic rings. The minimum absolute atomic E-state index is 0.103. The summed E-state index contributed by atoms with van der Waals surface area (Å²) in [7, 11) is 0. The number of para-hydroxylation sites is 1. The molecule has 0 unspecified atom stereocenters. The minimum atomic E-state index is -0.558. The zero-order valence-corrected chi connectivity index (χ0v) is 16.8. The average Bonchev–Trinajstić information content (AvgIpc) is 2.79. The minimum Gasteiger partial charge on any atom is -0.490 e. The van der Waals surface area contributed by atoms with Crippen LogP contribution in [0.15, 0.2) is 66.7 Å². The van der Waals surface area contributed by atoms with E-state index in [1.54, 1.807) is 41.3 Å². The first kappa shape index (κ1) is 20.2. The molecule has 1 amide bonds. The lowest BCUT2D eigenvalue weighted by Crippen LogP contribution is -2.43. The smallest absolute Gasteiger partial charge is 0.262 e. The molecule has 0 radical (unpaired) electrons. The predicted octanol–water partition coefficient (Wildman–Crippen LogP) is 4.90. The van der Waals surface area contributed by atoms with E-state index in [1.807, 2.05) is 31.2 Å². The van der Waals surface area contributed by atoms with Gasteiger partial charge in [0.15, 0.2) is 18.1 Å². The van der Waals surface area contributed by atoms with Crippen LogP contribution >= 0.6 is 0 Å². The van der Waals surface area contributed by atoms with Gasteiger partial charge in [0, 0.05) is 11.4 Å². The Bertz CT molecular complexity index is 1140. The van der Waals surface area contributed by atoms with E-state index in [2.05, 4.69) is 5.32 Å². The van der Waals surface area contributed by atoms with Crippen molar-refractivity contribution in [2.45, 2.75) is 13.1 Å². The summed E-state index contributed by atoms with van der Waals surface area (Å²) in [6, 6.07) is 20.3. The van der Waals surface area contributed by atoms with E-state index in [0.717, 1.165) is 5.56 Å². The van der Waals surface area contributed by atoms with Gasteiger partial charge in [-0.1, -0.05) is 18.2 Å². The molecule has 0 aliphatic carbocycles. The molecule has 1 aliphatic rings. The molecule has 0 aromatic heterocycles. The Morgan fingerprint density at radius 3 is 2.58 bits per heavy atom. The lowest BCUT2D eigenvalue weighted by molar-refractivity contribution is 0.0975. The molecule has 0 saturated heterocycles. The molecule has 0 saturated carbocycles. The lowest BCUT2D eigenvalue weighted by atomic mass is 10.0. The Morgan fingerprint density at radius 2 is 1.84 bits per heavy atom. The number of anilines is 2. The number of nitrogens with zero attached hydrogens (tertiary/aromatic N) is 2. The maximum absolute atomic E-state index is 13.5. The van der Waals surface area contributed by atoms with Crippen molar-refractivity contribution in [2.24, 2.45) is 0 Å². The van der Waals surface area contributed by atoms with E-state index in [-0.39, 0.29) is 18.3 Å². The highest BCUT2D eigenvalue weighted by atomic mass is 19.1. The highest BCUT2D eigenvalue weighted by molar-refractivity contribution is 6.12. The molecule has 0 bridgehead atoms. The molecule has 6 nitrogen and oxygen atoms in total. The van der Waals surface area contributed by atoms with Crippen LogP contribution in [0.2, 0.25) is 0 Å². The van der Waals surface area contributed by atoms with Crippen LogP contribution in [0.1, 0.15) is 29.0 Å². The van der Waals surface area contributed by atoms with Gasteiger partial charge in [0.25, 0.3) is 5.91 Å². The Balaban J connectivity index is 1.80. The molecule has 3 aromatic carbocycles. The van der Waals surface area contributed by atoms with Gasteiger partial charge in [-0.05, 0) is 61.0 Å². The fraction of sp³-hybridized carbons (Fsp3) is 0.167. The second-order valence-electron chi connectivity index (χ2n) is 6.83. The maximum Gasteiger partial charge on any atom is 0.262 e. The van der Waals surface area contributed by atoms with Crippen LogP contribution in [0.5, 0.6) is 11.5 Å². The molecule has 1 atom stereocenters. The van der Waals surface area contributed by atoms with E-state index in [4.69, 9.17) is 14.7 Å². The van der Waals surface area contributed by atoms with Gasteiger partial charge in [-0.2, -0.15) is 5.26 Å². The molecule has 1 heterocycles. The number of nitrogens with one attached hydrogen (secondary N) is 1. The molecule has 31 heavy (non-hydrogen) atoms. The molecule has 4 rings (SSSR count). The lowest BCUT2D eigenvalue weighted by Gasteiger charge is -2.38. The number of benzene rings is 3. The number of nitriles is 1. The number of amides is 1. The van der Waals surface area contributed by atoms with Gasteiger partial charge in [0.05, 0.1) is 12.2 Å². The number of fused-ring (bicyclic) bond motifs is 1. The third-order valence-corrected chi connectivity index (χ3v) is 4.91. The molecular weight excluding hydrogens is 397 g/mol. The summed E-state index contributed by atoms with van der Waals surface area (Å²) in [5.74, 6) is 0.343.